The fraction of sp³-hybridized carbons (Fsp3) is 0.455. The average Bonchev–Trinajstić information content (AvgIpc) is 3.39. The van der Waals surface area contributed by atoms with E-state index in [4.69, 9.17) is 0 Å². The van der Waals surface area contributed by atoms with E-state index in [0.717, 1.165) is 12.0 Å². The van der Waals surface area contributed by atoms with Crippen LogP contribution in [0.4, 0.5) is 5.13 Å². The van der Waals surface area contributed by atoms with E-state index in [2.05, 4.69) is 15.6 Å². The summed E-state index contributed by atoms with van der Waals surface area (Å²) >= 11 is 1.27. The maximum Gasteiger partial charge on any atom is 0.326 e. The third kappa shape index (κ3) is 6.95. The van der Waals surface area contributed by atoms with Gasteiger partial charge in [-0.25, -0.2) is 9.78 Å². The highest BCUT2D eigenvalue weighted by Gasteiger charge is 2.21. The SMILES string of the molecule is O=C(CCC1CCCC1)Nc1nc(CC(=O)NC(Cc2ccccc2)C(=O)O)cs1. The van der Waals surface area contributed by atoms with Gasteiger partial charge in [0.2, 0.25) is 11.8 Å². The van der Waals surface area contributed by atoms with Crippen molar-refractivity contribution >= 4 is 34.3 Å². The number of nitrogens with one attached hydrogen (secondary N) is 2. The van der Waals surface area contributed by atoms with E-state index in [1.54, 1.807) is 5.38 Å². The Labute approximate surface area is 179 Å². The number of thiazole rings is 1. The molecule has 1 aromatic heterocycles. The molecule has 8 heteroatoms. The lowest BCUT2D eigenvalue weighted by Crippen LogP contribution is -2.43. The summed E-state index contributed by atoms with van der Waals surface area (Å²) in [5, 5.41) is 16.9. The van der Waals surface area contributed by atoms with Crippen molar-refractivity contribution in [2.75, 3.05) is 5.32 Å². The molecule has 0 saturated heterocycles. The van der Waals surface area contributed by atoms with Gasteiger partial charge in [0.05, 0.1) is 12.1 Å². The summed E-state index contributed by atoms with van der Waals surface area (Å²) in [6.07, 6.45) is 6.52. The molecular formula is C22H27N3O4S. The molecule has 1 unspecified atom stereocenters. The second-order valence-corrected chi connectivity index (χ2v) is 8.56. The summed E-state index contributed by atoms with van der Waals surface area (Å²) in [7, 11) is 0. The number of nitrogens with zero attached hydrogens (tertiary/aromatic N) is 1. The topological polar surface area (TPSA) is 108 Å². The van der Waals surface area contributed by atoms with Crippen LogP contribution in [-0.2, 0) is 27.2 Å². The fourth-order valence-electron chi connectivity index (χ4n) is 3.72. The van der Waals surface area contributed by atoms with Crippen LogP contribution in [0.15, 0.2) is 35.7 Å². The third-order valence-electron chi connectivity index (χ3n) is 5.31. The number of carboxylic acids is 1. The summed E-state index contributed by atoms with van der Waals surface area (Å²) in [4.78, 5) is 40.2. The summed E-state index contributed by atoms with van der Waals surface area (Å²) in [6, 6.07) is 8.15. The van der Waals surface area contributed by atoms with Crippen molar-refractivity contribution in [3.63, 3.8) is 0 Å². The van der Waals surface area contributed by atoms with Crippen LogP contribution in [-0.4, -0.2) is 33.9 Å². The van der Waals surface area contributed by atoms with Crippen molar-refractivity contribution in [2.24, 2.45) is 5.92 Å². The number of carbonyl (C=O) groups is 3. The van der Waals surface area contributed by atoms with Crippen LogP contribution in [0.1, 0.15) is 49.8 Å². The van der Waals surface area contributed by atoms with Crippen molar-refractivity contribution in [1.82, 2.24) is 10.3 Å². The van der Waals surface area contributed by atoms with Gasteiger partial charge >= 0.3 is 5.97 Å². The molecule has 1 heterocycles. The molecule has 0 aliphatic heterocycles. The van der Waals surface area contributed by atoms with E-state index < -0.39 is 17.9 Å². The molecule has 1 aliphatic rings. The largest absolute Gasteiger partial charge is 0.480 e. The quantitative estimate of drug-likeness (QED) is 0.536. The minimum Gasteiger partial charge on any atom is -0.480 e. The van der Waals surface area contributed by atoms with Crippen molar-refractivity contribution in [2.45, 2.75) is 57.4 Å². The number of hydrogen-bond donors (Lipinski definition) is 3. The second-order valence-electron chi connectivity index (χ2n) is 7.71. The molecule has 30 heavy (non-hydrogen) atoms. The number of aliphatic carboxylic acids is 1. The molecular weight excluding hydrogens is 402 g/mol. The molecule has 3 rings (SSSR count). The smallest absolute Gasteiger partial charge is 0.326 e. The van der Waals surface area contributed by atoms with Crippen LogP contribution in [0.3, 0.4) is 0 Å². The van der Waals surface area contributed by atoms with Crippen molar-refractivity contribution in [3.8, 4) is 0 Å². The van der Waals surface area contributed by atoms with Crippen molar-refractivity contribution in [1.29, 1.82) is 0 Å². The Bertz CT molecular complexity index is 862. The Balaban J connectivity index is 1.46. The Hall–Kier alpha value is -2.74. The first-order valence-electron chi connectivity index (χ1n) is 10.3. The number of anilines is 1. The van der Waals surface area contributed by atoms with Gasteiger partial charge in [-0.3, -0.25) is 9.59 Å². The fourth-order valence-corrected chi connectivity index (χ4v) is 4.45. The molecule has 1 aliphatic carbocycles. The van der Waals surface area contributed by atoms with Crippen LogP contribution >= 0.6 is 11.3 Å². The number of rotatable bonds is 10. The number of benzene rings is 1. The Morgan fingerprint density at radius 2 is 1.87 bits per heavy atom. The predicted molar refractivity (Wildman–Crippen MR) is 115 cm³/mol. The van der Waals surface area contributed by atoms with Crippen LogP contribution in [0.5, 0.6) is 0 Å². The summed E-state index contributed by atoms with van der Waals surface area (Å²) in [5.74, 6) is -0.895. The molecule has 160 valence electrons. The number of carboxylic acid groups (broad SMARTS) is 1. The zero-order valence-electron chi connectivity index (χ0n) is 16.8. The van der Waals surface area contributed by atoms with Gasteiger partial charge in [-0.2, -0.15) is 0 Å². The highest BCUT2D eigenvalue weighted by Crippen LogP contribution is 2.28. The second kappa shape index (κ2) is 10.9. The van der Waals surface area contributed by atoms with Crippen LogP contribution in [0.2, 0.25) is 0 Å². The molecule has 1 fully saturated rings. The zero-order chi connectivity index (χ0) is 21.3. The minimum absolute atomic E-state index is 0.0347. The highest BCUT2D eigenvalue weighted by molar-refractivity contribution is 7.13. The van der Waals surface area contributed by atoms with Gasteiger partial charge in [-0.1, -0.05) is 56.0 Å². The molecule has 0 radical (unpaired) electrons. The lowest BCUT2D eigenvalue weighted by atomic mass is 10.0. The summed E-state index contributed by atoms with van der Waals surface area (Å²) in [5.41, 5.74) is 1.34. The maximum absolute atomic E-state index is 12.3. The van der Waals surface area contributed by atoms with Gasteiger partial charge in [-0.05, 0) is 17.9 Å². The molecule has 7 nitrogen and oxygen atoms in total. The average molecular weight is 430 g/mol. The minimum atomic E-state index is -1.08. The Morgan fingerprint density at radius 1 is 1.13 bits per heavy atom. The Kier molecular flexibility index (Phi) is 7.96. The van der Waals surface area contributed by atoms with E-state index in [0.29, 0.717) is 23.2 Å². The van der Waals surface area contributed by atoms with E-state index in [1.165, 1.54) is 37.0 Å². The van der Waals surface area contributed by atoms with Crippen LogP contribution in [0.25, 0.3) is 0 Å². The number of carbonyl (C=O) groups excluding carboxylic acids is 2. The van der Waals surface area contributed by atoms with E-state index in [-0.39, 0.29) is 18.7 Å². The number of amides is 2. The van der Waals surface area contributed by atoms with Gasteiger partial charge in [-0.15, -0.1) is 11.3 Å². The first kappa shape index (κ1) is 22.0. The van der Waals surface area contributed by atoms with E-state index in [1.807, 2.05) is 30.3 Å². The molecule has 1 saturated carbocycles. The number of aromatic nitrogens is 1. The predicted octanol–water partition coefficient (Wildman–Crippen LogP) is 3.41. The first-order chi connectivity index (χ1) is 14.5. The van der Waals surface area contributed by atoms with Crippen LogP contribution < -0.4 is 10.6 Å². The van der Waals surface area contributed by atoms with E-state index >= 15 is 0 Å². The van der Waals surface area contributed by atoms with Gasteiger partial charge in [0.15, 0.2) is 5.13 Å². The molecule has 1 atom stereocenters. The third-order valence-corrected chi connectivity index (χ3v) is 6.12. The molecule has 0 bridgehead atoms. The van der Waals surface area contributed by atoms with Crippen molar-refractivity contribution < 1.29 is 19.5 Å². The summed E-state index contributed by atoms with van der Waals surface area (Å²) in [6.45, 7) is 0. The van der Waals surface area contributed by atoms with Crippen LogP contribution in [0, 0.1) is 5.92 Å². The molecule has 0 spiro atoms. The Morgan fingerprint density at radius 3 is 2.57 bits per heavy atom. The number of hydrogen-bond acceptors (Lipinski definition) is 5. The molecule has 1 aromatic carbocycles. The van der Waals surface area contributed by atoms with E-state index in [9.17, 15) is 19.5 Å². The maximum atomic E-state index is 12.3. The zero-order valence-corrected chi connectivity index (χ0v) is 17.6. The first-order valence-corrected chi connectivity index (χ1v) is 11.2. The highest BCUT2D eigenvalue weighted by atomic mass is 32.1. The van der Waals surface area contributed by atoms with Gasteiger partial charge in [0.25, 0.3) is 0 Å². The van der Waals surface area contributed by atoms with Gasteiger partial charge in [0.1, 0.15) is 6.04 Å². The van der Waals surface area contributed by atoms with Crippen molar-refractivity contribution in [3.05, 3.63) is 47.0 Å². The molecule has 3 N–H and O–H groups in total. The van der Waals surface area contributed by atoms with Gasteiger partial charge < -0.3 is 15.7 Å². The monoisotopic (exact) mass is 429 g/mol. The van der Waals surface area contributed by atoms with Gasteiger partial charge in [0, 0.05) is 18.2 Å². The standard InChI is InChI=1S/C22H27N3O4S/c26-19(11-10-15-6-4-5-7-15)25-22-23-17(14-30-22)13-20(27)24-18(21(28)29)12-16-8-2-1-3-9-16/h1-3,8-9,14-15,18H,4-7,10-13H2,(H,24,27)(H,28,29)(H,23,25,26). The summed E-state index contributed by atoms with van der Waals surface area (Å²) < 4.78 is 0. The lowest BCUT2D eigenvalue weighted by molar-refractivity contribution is -0.141. The molecule has 2 aromatic rings. The normalized spacial score (nSPS) is 14.9. The molecule has 2 amide bonds. The lowest BCUT2D eigenvalue weighted by Gasteiger charge is -2.14.